The Morgan fingerprint density at radius 1 is 1.21 bits per heavy atom. The quantitative estimate of drug-likeness (QED) is 0.322. The van der Waals surface area contributed by atoms with E-state index in [-0.39, 0.29) is 30.6 Å². The van der Waals surface area contributed by atoms with Gasteiger partial charge in [0.05, 0.1) is 25.3 Å². The van der Waals surface area contributed by atoms with E-state index in [2.05, 4.69) is 15.6 Å². The zero-order valence-corrected chi connectivity index (χ0v) is 21.5. The predicted octanol–water partition coefficient (Wildman–Crippen LogP) is -0.626. The van der Waals surface area contributed by atoms with Crippen molar-refractivity contribution in [2.45, 2.75) is 57.8 Å². The van der Waals surface area contributed by atoms with Crippen LogP contribution in [0.15, 0.2) is 30.3 Å². The molecule has 0 radical (unpaired) electrons. The van der Waals surface area contributed by atoms with Crippen LogP contribution in [-0.2, 0) is 30.5 Å². The molecule has 2 fully saturated rings. The lowest BCUT2D eigenvalue weighted by atomic mass is 9.85. The molecule has 1 spiro atoms. The Bertz CT molecular complexity index is 1260. The largest absolute Gasteiger partial charge is 0.460 e. The standard InChI is InChI=1S/C25H31N7O6/c1-15-20(28-29-32(15)12-18-8-5-4-6-9-18)23(36)31-11-7-10-25(31)14-30(24(25)37)13-19(34)27-21(22(26)35)16(2)38-17(3)33/h4-6,8-9,16,21H,7,10-14H2,1-3H3,(H2,26,35)(H,27,34). The molecule has 4 amide bonds. The summed E-state index contributed by atoms with van der Waals surface area (Å²) in [6.07, 6.45) is 0.132. The van der Waals surface area contributed by atoms with Gasteiger partial charge in [0.2, 0.25) is 11.8 Å². The number of esters is 1. The maximum Gasteiger partial charge on any atom is 0.302 e. The first kappa shape index (κ1) is 26.8. The number of nitrogens with two attached hydrogens (primary N) is 1. The molecule has 2 aliphatic heterocycles. The lowest BCUT2D eigenvalue weighted by Crippen LogP contribution is -2.74. The molecule has 2 aromatic rings. The van der Waals surface area contributed by atoms with Crippen molar-refractivity contribution in [3.8, 4) is 0 Å². The summed E-state index contributed by atoms with van der Waals surface area (Å²) in [5.41, 5.74) is 6.11. The molecular formula is C25H31N7O6. The molecule has 0 saturated carbocycles. The number of nitrogens with one attached hydrogen (secondary N) is 1. The van der Waals surface area contributed by atoms with E-state index < -0.39 is 35.5 Å². The van der Waals surface area contributed by atoms with E-state index in [1.165, 1.54) is 23.6 Å². The van der Waals surface area contributed by atoms with E-state index in [1.807, 2.05) is 30.3 Å². The maximum atomic E-state index is 13.5. The van der Waals surface area contributed by atoms with Crippen LogP contribution in [0.5, 0.6) is 0 Å². The van der Waals surface area contributed by atoms with E-state index in [9.17, 15) is 24.0 Å². The van der Waals surface area contributed by atoms with Gasteiger partial charge in [0.15, 0.2) is 5.69 Å². The smallest absolute Gasteiger partial charge is 0.302 e. The number of carbonyl (C=O) groups excluding carboxylic acids is 5. The number of β-lactam (4-membered cyclic amide) rings is 1. The van der Waals surface area contributed by atoms with Crippen molar-refractivity contribution in [2.24, 2.45) is 5.73 Å². The summed E-state index contributed by atoms with van der Waals surface area (Å²) in [5.74, 6) is -2.86. The fraction of sp³-hybridized carbons (Fsp3) is 0.480. The second kappa shape index (κ2) is 10.6. The molecule has 202 valence electrons. The number of rotatable bonds is 9. The highest BCUT2D eigenvalue weighted by Crippen LogP contribution is 2.39. The lowest BCUT2D eigenvalue weighted by Gasteiger charge is -2.50. The van der Waals surface area contributed by atoms with E-state index in [4.69, 9.17) is 10.5 Å². The van der Waals surface area contributed by atoms with Gasteiger partial charge >= 0.3 is 5.97 Å². The Hall–Kier alpha value is -4.29. The Morgan fingerprint density at radius 3 is 2.55 bits per heavy atom. The third-order valence-electron chi connectivity index (χ3n) is 7.01. The van der Waals surface area contributed by atoms with Crippen LogP contribution in [0.4, 0.5) is 0 Å². The lowest BCUT2D eigenvalue weighted by molar-refractivity contribution is -0.161. The van der Waals surface area contributed by atoms with Crippen LogP contribution in [0.2, 0.25) is 0 Å². The number of likely N-dealkylation sites (tertiary alicyclic amines) is 2. The van der Waals surface area contributed by atoms with Crippen LogP contribution in [0.3, 0.4) is 0 Å². The van der Waals surface area contributed by atoms with Gasteiger partial charge in [0, 0.05) is 13.5 Å². The fourth-order valence-electron chi connectivity index (χ4n) is 5.08. The number of primary amides is 1. The monoisotopic (exact) mass is 525 g/mol. The number of amides is 4. The van der Waals surface area contributed by atoms with Gasteiger partial charge < -0.3 is 25.6 Å². The molecule has 4 rings (SSSR count). The number of aromatic nitrogens is 3. The van der Waals surface area contributed by atoms with E-state index in [0.29, 0.717) is 31.6 Å². The van der Waals surface area contributed by atoms with Crippen molar-refractivity contribution in [1.29, 1.82) is 0 Å². The summed E-state index contributed by atoms with van der Waals surface area (Å²) in [6.45, 7) is 5.06. The molecule has 0 aliphatic carbocycles. The topological polar surface area (TPSA) is 170 Å². The summed E-state index contributed by atoms with van der Waals surface area (Å²) in [5, 5.41) is 10.7. The fourth-order valence-corrected chi connectivity index (χ4v) is 5.08. The Morgan fingerprint density at radius 2 is 1.92 bits per heavy atom. The van der Waals surface area contributed by atoms with Crippen LogP contribution in [0.1, 0.15) is 48.4 Å². The van der Waals surface area contributed by atoms with Crippen molar-refractivity contribution in [3.05, 3.63) is 47.3 Å². The highest BCUT2D eigenvalue weighted by molar-refractivity contribution is 6.03. The van der Waals surface area contributed by atoms with E-state index in [1.54, 1.807) is 11.6 Å². The van der Waals surface area contributed by atoms with Crippen molar-refractivity contribution in [1.82, 2.24) is 30.1 Å². The van der Waals surface area contributed by atoms with E-state index in [0.717, 1.165) is 5.56 Å². The Kier molecular flexibility index (Phi) is 7.46. The zero-order valence-electron chi connectivity index (χ0n) is 21.5. The van der Waals surface area contributed by atoms with Gasteiger partial charge in [-0.15, -0.1) is 5.10 Å². The Balaban J connectivity index is 1.40. The van der Waals surface area contributed by atoms with Gasteiger partial charge in [-0.1, -0.05) is 35.5 Å². The molecule has 3 atom stereocenters. The van der Waals surface area contributed by atoms with Gasteiger partial charge in [-0.05, 0) is 32.3 Å². The summed E-state index contributed by atoms with van der Waals surface area (Å²) >= 11 is 0. The zero-order chi connectivity index (χ0) is 27.6. The van der Waals surface area contributed by atoms with Crippen LogP contribution in [0, 0.1) is 6.92 Å². The highest BCUT2D eigenvalue weighted by Gasteiger charge is 2.60. The number of carbonyl (C=O) groups is 5. The molecule has 38 heavy (non-hydrogen) atoms. The van der Waals surface area contributed by atoms with Crippen LogP contribution >= 0.6 is 0 Å². The number of ether oxygens (including phenoxy) is 1. The van der Waals surface area contributed by atoms with Gasteiger partial charge in [-0.25, -0.2) is 4.68 Å². The van der Waals surface area contributed by atoms with Crippen molar-refractivity contribution in [3.63, 3.8) is 0 Å². The average molecular weight is 526 g/mol. The van der Waals surface area contributed by atoms with Crippen LogP contribution in [0.25, 0.3) is 0 Å². The summed E-state index contributed by atoms with van der Waals surface area (Å²) in [4.78, 5) is 65.1. The molecule has 13 heteroatoms. The third-order valence-corrected chi connectivity index (χ3v) is 7.01. The molecule has 2 saturated heterocycles. The first-order chi connectivity index (χ1) is 18.0. The number of hydrogen-bond acceptors (Lipinski definition) is 8. The molecule has 1 aromatic heterocycles. The molecule has 3 unspecified atom stereocenters. The highest BCUT2D eigenvalue weighted by atomic mass is 16.5. The molecule has 2 aliphatic rings. The SMILES string of the molecule is CC(=O)OC(C)C(NC(=O)CN1CC2(CCCN2C(=O)c2nnn(Cc3ccccc3)c2C)C1=O)C(N)=O. The first-order valence-electron chi connectivity index (χ1n) is 12.3. The second-order valence-corrected chi connectivity index (χ2v) is 9.68. The summed E-state index contributed by atoms with van der Waals surface area (Å²) in [6, 6.07) is 8.43. The maximum absolute atomic E-state index is 13.5. The average Bonchev–Trinajstić information content (AvgIpc) is 3.47. The van der Waals surface area contributed by atoms with Crippen LogP contribution < -0.4 is 11.1 Å². The van der Waals surface area contributed by atoms with E-state index >= 15 is 0 Å². The first-order valence-corrected chi connectivity index (χ1v) is 12.3. The molecule has 13 nitrogen and oxygen atoms in total. The summed E-state index contributed by atoms with van der Waals surface area (Å²) < 4.78 is 6.60. The number of nitrogens with zero attached hydrogens (tertiary/aromatic N) is 5. The second-order valence-electron chi connectivity index (χ2n) is 9.68. The van der Waals surface area contributed by atoms with Crippen LogP contribution in [-0.4, -0.2) is 91.7 Å². The Labute approximate surface area is 219 Å². The predicted molar refractivity (Wildman–Crippen MR) is 132 cm³/mol. The molecule has 0 bridgehead atoms. The van der Waals surface area contributed by atoms with Gasteiger partial charge in [0.25, 0.3) is 11.8 Å². The van der Waals surface area contributed by atoms with Crippen molar-refractivity contribution < 1.29 is 28.7 Å². The third kappa shape index (κ3) is 5.08. The van der Waals surface area contributed by atoms with Gasteiger partial charge in [-0.3, -0.25) is 24.0 Å². The summed E-state index contributed by atoms with van der Waals surface area (Å²) in [7, 11) is 0. The van der Waals surface area contributed by atoms with Crippen molar-refractivity contribution >= 4 is 29.6 Å². The molecule has 3 N–H and O–H groups in total. The van der Waals surface area contributed by atoms with Gasteiger partial charge in [-0.2, -0.15) is 0 Å². The molecule has 3 heterocycles. The minimum absolute atomic E-state index is 0.170. The number of hydrogen-bond donors (Lipinski definition) is 2. The molecule has 1 aromatic carbocycles. The molecular weight excluding hydrogens is 494 g/mol. The minimum Gasteiger partial charge on any atom is -0.460 e. The normalized spacial score (nSPS) is 20.1. The number of benzene rings is 1. The van der Waals surface area contributed by atoms with Gasteiger partial charge in [0.1, 0.15) is 17.7 Å². The van der Waals surface area contributed by atoms with Crippen molar-refractivity contribution in [2.75, 3.05) is 19.6 Å². The minimum atomic E-state index is -1.25.